The van der Waals surface area contributed by atoms with Crippen LogP contribution >= 0.6 is 0 Å². The summed E-state index contributed by atoms with van der Waals surface area (Å²) in [6, 6.07) is 16.4. The highest BCUT2D eigenvalue weighted by atomic mass is 32.2. The van der Waals surface area contributed by atoms with Crippen molar-refractivity contribution in [3.8, 4) is 0 Å². The van der Waals surface area contributed by atoms with Crippen LogP contribution in [0.1, 0.15) is 41.7 Å². The molecule has 0 bridgehead atoms. The standard InChI is InChI=1S/C23H26N2O4S2/c1-17(2)19-8-12-22(13-9-19)31(28,29)25-16-23(20-5-4-14-24-15-20)30(26,27)21-10-6-18(3)7-11-21/h4-15,17,23,25H,16H2,1-3H3. The number of hydrogen-bond donors (Lipinski definition) is 1. The number of sulfonamides is 1. The molecule has 0 aliphatic heterocycles. The van der Waals surface area contributed by atoms with E-state index in [1.165, 1.54) is 30.5 Å². The molecule has 2 aromatic carbocycles. The number of sulfone groups is 1. The minimum atomic E-state index is -3.89. The molecule has 8 heteroatoms. The Morgan fingerprint density at radius 3 is 2.00 bits per heavy atom. The number of aromatic nitrogens is 1. The van der Waals surface area contributed by atoms with Crippen molar-refractivity contribution in [3.63, 3.8) is 0 Å². The summed E-state index contributed by atoms with van der Waals surface area (Å²) in [5.74, 6) is 0.277. The molecule has 0 saturated carbocycles. The van der Waals surface area contributed by atoms with Gasteiger partial charge in [-0.05, 0) is 54.3 Å². The quantitative estimate of drug-likeness (QED) is 0.551. The summed E-state index contributed by atoms with van der Waals surface area (Å²) in [5, 5.41) is -1.12. The van der Waals surface area contributed by atoms with Crippen LogP contribution in [0.25, 0.3) is 0 Å². The van der Waals surface area contributed by atoms with Gasteiger partial charge >= 0.3 is 0 Å². The Hall–Kier alpha value is -2.55. The average Bonchev–Trinajstić information content (AvgIpc) is 2.75. The summed E-state index contributed by atoms with van der Waals surface area (Å²) >= 11 is 0. The summed E-state index contributed by atoms with van der Waals surface area (Å²) in [5.41, 5.74) is 2.37. The van der Waals surface area contributed by atoms with Crippen LogP contribution in [-0.4, -0.2) is 28.4 Å². The zero-order valence-electron chi connectivity index (χ0n) is 17.7. The minimum absolute atomic E-state index is 0.0922. The van der Waals surface area contributed by atoms with Crippen molar-refractivity contribution in [2.45, 2.75) is 41.7 Å². The molecule has 1 atom stereocenters. The van der Waals surface area contributed by atoms with Crippen molar-refractivity contribution in [1.82, 2.24) is 9.71 Å². The van der Waals surface area contributed by atoms with E-state index in [1.54, 1.807) is 42.6 Å². The first-order valence-electron chi connectivity index (χ1n) is 9.91. The molecule has 3 aromatic rings. The molecule has 0 amide bonds. The maximum absolute atomic E-state index is 13.4. The zero-order chi connectivity index (χ0) is 22.6. The fourth-order valence-corrected chi connectivity index (χ4v) is 5.96. The van der Waals surface area contributed by atoms with E-state index < -0.39 is 25.1 Å². The van der Waals surface area contributed by atoms with Crippen molar-refractivity contribution in [1.29, 1.82) is 0 Å². The van der Waals surface area contributed by atoms with Gasteiger partial charge in [-0.1, -0.05) is 49.7 Å². The van der Waals surface area contributed by atoms with E-state index in [9.17, 15) is 16.8 Å². The van der Waals surface area contributed by atoms with E-state index in [4.69, 9.17) is 0 Å². The lowest BCUT2D eigenvalue weighted by Crippen LogP contribution is -2.32. The van der Waals surface area contributed by atoms with E-state index in [1.807, 2.05) is 20.8 Å². The van der Waals surface area contributed by atoms with Gasteiger partial charge < -0.3 is 0 Å². The third kappa shape index (κ3) is 5.39. The van der Waals surface area contributed by atoms with Gasteiger partial charge in [-0.25, -0.2) is 21.6 Å². The number of benzene rings is 2. The van der Waals surface area contributed by atoms with Crippen LogP contribution in [0.3, 0.4) is 0 Å². The number of rotatable bonds is 8. The molecule has 1 unspecified atom stereocenters. The lowest BCUT2D eigenvalue weighted by molar-refractivity contribution is 0.568. The van der Waals surface area contributed by atoms with Gasteiger partial charge in [0.2, 0.25) is 10.0 Å². The molecule has 1 N–H and O–H groups in total. The summed E-state index contributed by atoms with van der Waals surface area (Å²) in [6.07, 6.45) is 2.99. The average molecular weight is 459 g/mol. The van der Waals surface area contributed by atoms with Crippen molar-refractivity contribution < 1.29 is 16.8 Å². The van der Waals surface area contributed by atoms with E-state index in [0.717, 1.165) is 11.1 Å². The van der Waals surface area contributed by atoms with Crippen LogP contribution < -0.4 is 4.72 Å². The highest BCUT2D eigenvalue weighted by Gasteiger charge is 2.31. The molecule has 31 heavy (non-hydrogen) atoms. The maximum Gasteiger partial charge on any atom is 0.240 e. The molecular formula is C23H26N2O4S2. The fraction of sp³-hybridized carbons (Fsp3) is 0.261. The first-order valence-corrected chi connectivity index (χ1v) is 12.9. The molecule has 1 aromatic heterocycles. The fourth-order valence-electron chi connectivity index (χ4n) is 3.17. The van der Waals surface area contributed by atoms with Gasteiger partial charge in [0.15, 0.2) is 9.84 Å². The van der Waals surface area contributed by atoms with Gasteiger partial charge in [0.1, 0.15) is 5.25 Å². The summed E-state index contributed by atoms with van der Waals surface area (Å²) in [7, 11) is -7.75. The van der Waals surface area contributed by atoms with Crippen LogP contribution in [0, 0.1) is 6.92 Å². The third-order valence-corrected chi connectivity index (χ3v) is 8.65. The molecule has 0 aliphatic rings. The highest BCUT2D eigenvalue weighted by molar-refractivity contribution is 7.92. The monoisotopic (exact) mass is 458 g/mol. The van der Waals surface area contributed by atoms with Gasteiger partial charge in [0.05, 0.1) is 9.79 Å². The first-order chi connectivity index (χ1) is 14.6. The number of hydrogen-bond acceptors (Lipinski definition) is 5. The lowest BCUT2D eigenvalue weighted by Gasteiger charge is -2.19. The van der Waals surface area contributed by atoms with Crippen molar-refractivity contribution >= 4 is 19.9 Å². The zero-order valence-corrected chi connectivity index (χ0v) is 19.3. The molecule has 0 fully saturated rings. The molecule has 0 aliphatic carbocycles. The molecular weight excluding hydrogens is 432 g/mol. The SMILES string of the molecule is Cc1ccc(S(=O)(=O)C(CNS(=O)(=O)c2ccc(C(C)C)cc2)c2cccnc2)cc1. The Labute approximate surface area is 184 Å². The normalized spacial score (nSPS) is 13.3. The topological polar surface area (TPSA) is 93.2 Å². The van der Waals surface area contributed by atoms with E-state index in [2.05, 4.69) is 9.71 Å². The van der Waals surface area contributed by atoms with Crippen LogP contribution in [0.5, 0.6) is 0 Å². The predicted molar refractivity (Wildman–Crippen MR) is 121 cm³/mol. The molecule has 6 nitrogen and oxygen atoms in total. The molecule has 0 saturated heterocycles. The third-order valence-electron chi connectivity index (χ3n) is 5.10. The van der Waals surface area contributed by atoms with Crippen LogP contribution in [0.4, 0.5) is 0 Å². The largest absolute Gasteiger partial charge is 0.264 e. The van der Waals surface area contributed by atoms with Crippen LogP contribution in [-0.2, 0) is 19.9 Å². The van der Waals surface area contributed by atoms with Gasteiger partial charge in [-0.3, -0.25) is 4.98 Å². The Morgan fingerprint density at radius 1 is 0.839 bits per heavy atom. The molecule has 0 spiro atoms. The number of nitrogens with one attached hydrogen (secondary N) is 1. The molecule has 3 rings (SSSR count). The lowest BCUT2D eigenvalue weighted by atomic mass is 10.0. The van der Waals surface area contributed by atoms with Crippen LogP contribution in [0.15, 0.2) is 82.8 Å². The van der Waals surface area contributed by atoms with Crippen molar-refractivity contribution in [2.24, 2.45) is 0 Å². The Bertz CT molecular complexity index is 1220. The molecule has 1 heterocycles. The van der Waals surface area contributed by atoms with E-state index in [0.29, 0.717) is 5.56 Å². The smallest absolute Gasteiger partial charge is 0.240 e. The summed E-state index contributed by atoms with van der Waals surface area (Å²) < 4.78 is 54.9. The van der Waals surface area contributed by atoms with Crippen molar-refractivity contribution in [2.75, 3.05) is 6.54 Å². The molecule has 164 valence electrons. The number of aryl methyl sites for hydroxylation is 1. The first kappa shape index (κ1) is 23.1. The van der Waals surface area contributed by atoms with E-state index in [-0.39, 0.29) is 22.3 Å². The van der Waals surface area contributed by atoms with Gasteiger partial charge in [-0.2, -0.15) is 0 Å². The van der Waals surface area contributed by atoms with Gasteiger partial charge in [0.25, 0.3) is 0 Å². The Kier molecular flexibility index (Phi) is 6.93. The second-order valence-electron chi connectivity index (χ2n) is 7.71. The van der Waals surface area contributed by atoms with Gasteiger partial charge in [0, 0.05) is 18.9 Å². The van der Waals surface area contributed by atoms with Gasteiger partial charge in [-0.15, -0.1) is 0 Å². The van der Waals surface area contributed by atoms with Crippen molar-refractivity contribution in [3.05, 3.63) is 89.7 Å². The van der Waals surface area contributed by atoms with E-state index >= 15 is 0 Å². The summed E-state index contributed by atoms with van der Waals surface area (Å²) in [6.45, 7) is 5.61. The summed E-state index contributed by atoms with van der Waals surface area (Å²) in [4.78, 5) is 4.24. The second-order valence-corrected chi connectivity index (χ2v) is 11.6. The number of pyridine rings is 1. The molecule has 0 radical (unpaired) electrons. The minimum Gasteiger partial charge on any atom is -0.264 e. The predicted octanol–water partition coefficient (Wildman–Crippen LogP) is 4.01. The maximum atomic E-state index is 13.4. The van der Waals surface area contributed by atoms with Crippen LogP contribution in [0.2, 0.25) is 0 Å². The second kappa shape index (κ2) is 9.30. The highest BCUT2D eigenvalue weighted by Crippen LogP contribution is 2.29. The number of nitrogens with zero attached hydrogens (tertiary/aromatic N) is 1. The Morgan fingerprint density at radius 2 is 1.45 bits per heavy atom. The Balaban J connectivity index is 1.91.